The maximum atomic E-state index is 2.70. The molecular weight excluding hydrogens is 300 g/mol. The fraction of sp³-hybridized carbons (Fsp3) is 0.700. The van der Waals surface area contributed by atoms with Crippen LogP contribution in [0.3, 0.4) is 0 Å². The summed E-state index contributed by atoms with van der Waals surface area (Å²) in [5.41, 5.74) is 1.66. The van der Waals surface area contributed by atoms with Crippen molar-refractivity contribution in [1.29, 1.82) is 0 Å². The summed E-state index contributed by atoms with van der Waals surface area (Å²) in [7, 11) is -0.706. The largest absolute Gasteiger partial charge is 0.367 e. The fourth-order valence-corrected chi connectivity index (χ4v) is 5.88. The topological polar surface area (TPSA) is 6.48 Å². The smallest absolute Gasteiger partial charge is 0.0370 e. The van der Waals surface area contributed by atoms with E-state index in [0.717, 1.165) is 19.5 Å². The molecule has 0 fully saturated rings. The van der Waals surface area contributed by atoms with E-state index in [1.54, 1.807) is 0 Å². The number of para-hydroxylation sites is 1. The van der Waals surface area contributed by atoms with Gasteiger partial charge in [-0.3, -0.25) is 4.31 Å². The lowest BCUT2D eigenvalue weighted by molar-refractivity contribution is 0.234. The SMILES string of the molecule is CCN(C(C)(C)CCN(c1ccccc1)C(C)(C)C)S(C)(C)C. The molecule has 1 aromatic rings. The van der Waals surface area contributed by atoms with Gasteiger partial charge in [0.15, 0.2) is 0 Å². The van der Waals surface area contributed by atoms with Crippen molar-refractivity contribution in [2.75, 3.05) is 36.8 Å². The fourth-order valence-electron chi connectivity index (χ4n) is 3.53. The van der Waals surface area contributed by atoms with Gasteiger partial charge in [0, 0.05) is 29.9 Å². The van der Waals surface area contributed by atoms with Crippen molar-refractivity contribution in [2.45, 2.75) is 59.0 Å². The van der Waals surface area contributed by atoms with Gasteiger partial charge in [-0.25, -0.2) is 0 Å². The van der Waals surface area contributed by atoms with Gasteiger partial charge in [-0.1, -0.05) is 25.1 Å². The average Bonchev–Trinajstić information content (AvgIpc) is 2.36. The molecule has 0 radical (unpaired) electrons. The van der Waals surface area contributed by atoms with E-state index in [4.69, 9.17) is 0 Å². The second kappa shape index (κ2) is 7.48. The highest BCUT2D eigenvalue weighted by molar-refractivity contribution is 8.30. The Labute approximate surface area is 146 Å². The molecule has 0 aromatic heterocycles. The number of rotatable bonds is 7. The minimum Gasteiger partial charge on any atom is -0.367 e. The molecule has 2 nitrogen and oxygen atoms in total. The highest BCUT2D eigenvalue weighted by Crippen LogP contribution is 2.46. The second-order valence-corrected chi connectivity index (χ2v) is 12.7. The molecule has 0 saturated carbocycles. The summed E-state index contributed by atoms with van der Waals surface area (Å²) in [5.74, 6) is 0. The molecule has 1 aromatic carbocycles. The van der Waals surface area contributed by atoms with E-state index in [1.165, 1.54) is 5.69 Å². The summed E-state index contributed by atoms with van der Waals surface area (Å²) in [5, 5.41) is 0. The van der Waals surface area contributed by atoms with Crippen LogP contribution in [0.15, 0.2) is 30.3 Å². The second-order valence-electron chi connectivity index (χ2n) is 8.69. The Hall–Kier alpha value is -0.670. The lowest BCUT2D eigenvalue weighted by Gasteiger charge is -2.51. The van der Waals surface area contributed by atoms with Gasteiger partial charge in [0.2, 0.25) is 0 Å². The maximum absolute atomic E-state index is 2.70. The first-order valence-corrected chi connectivity index (χ1v) is 11.5. The Bertz CT molecular complexity index is 469. The molecule has 0 aliphatic heterocycles. The summed E-state index contributed by atoms with van der Waals surface area (Å²) in [6.07, 6.45) is 8.36. The van der Waals surface area contributed by atoms with Crippen LogP contribution < -0.4 is 4.90 Å². The number of nitrogens with zero attached hydrogens (tertiary/aromatic N) is 2. The first kappa shape index (κ1) is 20.4. The molecule has 0 aliphatic carbocycles. The molecule has 0 spiro atoms. The molecule has 134 valence electrons. The zero-order chi connectivity index (χ0) is 17.9. The molecule has 23 heavy (non-hydrogen) atoms. The molecule has 0 bridgehead atoms. The number of hydrogen-bond acceptors (Lipinski definition) is 2. The molecule has 0 heterocycles. The highest BCUT2D eigenvalue weighted by atomic mass is 32.3. The predicted molar refractivity (Wildman–Crippen MR) is 110 cm³/mol. The van der Waals surface area contributed by atoms with Gasteiger partial charge >= 0.3 is 0 Å². The number of hydrogen-bond donors (Lipinski definition) is 0. The van der Waals surface area contributed by atoms with E-state index in [-0.39, 0.29) is 11.1 Å². The van der Waals surface area contributed by atoms with E-state index < -0.39 is 10.2 Å². The van der Waals surface area contributed by atoms with Gasteiger partial charge in [-0.2, -0.15) is 10.2 Å². The van der Waals surface area contributed by atoms with Crippen LogP contribution >= 0.6 is 10.2 Å². The third kappa shape index (κ3) is 5.72. The summed E-state index contributed by atoms with van der Waals surface area (Å²) >= 11 is 0. The van der Waals surface area contributed by atoms with E-state index in [9.17, 15) is 0 Å². The standard InChI is InChI=1S/C20H38N2S/c1-10-22(23(7,8)9)20(5,6)16-17-21(19(2,3)4)18-14-12-11-13-15-18/h11-15H,10,16-17H2,1-9H3. The quantitative estimate of drug-likeness (QED) is 0.657. The Morgan fingerprint density at radius 3 is 1.83 bits per heavy atom. The van der Waals surface area contributed by atoms with Crippen LogP contribution in [0.5, 0.6) is 0 Å². The number of benzene rings is 1. The minimum absolute atomic E-state index is 0.128. The van der Waals surface area contributed by atoms with E-state index in [0.29, 0.717) is 0 Å². The van der Waals surface area contributed by atoms with E-state index >= 15 is 0 Å². The van der Waals surface area contributed by atoms with Gasteiger partial charge in [-0.05, 0) is 71.9 Å². The van der Waals surface area contributed by atoms with Crippen LogP contribution in [-0.2, 0) is 0 Å². The van der Waals surface area contributed by atoms with Gasteiger partial charge in [0.25, 0.3) is 0 Å². The molecule has 0 amide bonds. The van der Waals surface area contributed by atoms with Crippen LogP contribution in [0.2, 0.25) is 0 Å². The lowest BCUT2D eigenvalue weighted by atomic mass is 9.97. The Balaban J connectivity index is 2.94. The van der Waals surface area contributed by atoms with Crippen molar-refractivity contribution in [1.82, 2.24) is 4.31 Å². The zero-order valence-corrected chi connectivity index (χ0v) is 17.6. The van der Waals surface area contributed by atoms with Crippen molar-refractivity contribution in [3.63, 3.8) is 0 Å². The molecular formula is C20H38N2S. The van der Waals surface area contributed by atoms with Crippen LogP contribution in [0, 0.1) is 0 Å². The van der Waals surface area contributed by atoms with Crippen molar-refractivity contribution in [3.8, 4) is 0 Å². The molecule has 0 aliphatic rings. The predicted octanol–water partition coefficient (Wildman–Crippen LogP) is 5.39. The summed E-state index contributed by atoms with van der Waals surface area (Å²) in [6, 6.07) is 10.8. The summed E-state index contributed by atoms with van der Waals surface area (Å²) < 4.78 is 2.70. The van der Waals surface area contributed by atoms with Crippen LogP contribution in [0.4, 0.5) is 5.69 Å². The maximum Gasteiger partial charge on any atom is 0.0370 e. The number of anilines is 1. The molecule has 1 rings (SSSR count). The first-order chi connectivity index (χ1) is 10.4. The average molecular weight is 339 g/mol. The van der Waals surface area contributed by atoms with Crippen molar-refractivity contribution >= 4 is 15.9 Å². The Morgan fingerprint density at radius 2 is 1.43 bits per heavy atom. The Kier molecular flexibility index (Phi) is 6.63. The lowest BCUT2D eigenvalue weighted by Crippen LogP contribution is -2.49. The summed E-state index contributed by atoms with van der Waals surface area (Å²) in [6.45, 7) is 16.2. The monoisotopic (exact) mass is 338 g/mol. The van der Waals surface area contributed by atoms with Crippen molar-refractivity contribution in [3.05, 3.63) is 30.3 Å². The van der Waals surface area contributed by atoms with E-state index in [2.05, 4.69) is 99.8 Å². The van der Waals surface area contributed by atoms with Crippen LogP contribution in [-0.4, -0.2) is 47.2 Å². The minimum atomic E-state index is -0.706. The summed E-state index contributed by atoms with van der Waals surface area (Å²) in [4.78, 5) is 2.54. The van der Waals surface area contributed by atoms with Crippen molar-refractivity contribution < 1.29 is 0 Å². The Morgan fingerprint density at radius 1 is 0.913 bits per heavy atom. The third-order valence-electron chi connectivity index (χ3n) is 4.45. The van der Waals surface area contributed by atoms with Gasteiger partial charge in [-0.15, -0.1) is 0 Å². The molecule has 3 heteroatoms. The van der Waals surface area contributed by atoms with Gasteiger partial charge in [0.05, 0.1) is 0 Å². The molecule has 0 atom stereocenters. The normalized spacial score (nSPS) is 14.2. The molecule has 0 unspecified atom stereocenters. The third-order valence-corrected chi connectivity index (χ3v) is 6.52. The zero-order valence-electron chi connectivity index (χ0n) is 16.8. The van der Waals surface area contributed by atoms with Crippen molar-refractivity contribution in [2.24, 2.45) is 0 Å². The first-order valence-electron chi connectivity index (χ1n) is 8.68. The van der Waals surface area contributed by atoms with Gasteiger partial charge < -0.3 is 4.90 Å². The van der Waals surface area contributed by atoms with Crippen LogP contribution in [0.1, 0.15) is 48.0 Å². The molecule has 0 N–H and O–H groups in total. The highest BCUT2D eigenvalue weighted by Gasteiger charge is 2.33. The molecule has 0 saturated heterocycles. The van der Waals surface area contributed by atoms with Gasteiger partial charge in [0.1, 0.15) is 0 Å². The van der Waals surface area contributed by atoms with E-state index in [1.807, 2.05) is 0 Å². The van der Waals surface area contributed by atoms with Crippen LogP contribution in [0.25, 0.3) is 0 Å².